The second kappa shape index (κ2) is 6.19. The van der Waals surface area contributed by atoms with E-state index >= 15 is 0 Å². The largest absolute Gasteiger partial charge is 0.449 e. The van der Waals surface area contributed by atoms with Crippen molar-refractivity contribution in [3.05, 3.63) is 35.4 Å². The van der Waals surface area contributed by atoms with Gasteiger partial charge in [-0.05, 0) is 37.0 Å². The van der Waals surface area contributed by atoms with E-state index in [-0.39, 0.29) is 0 Å². The Morgan fingerprint density at radius 3 is 2.17 bits per heavy atom. The summed E-state index contributed by atoms with van der Waals surface area (Å²) in [7, 11) is 0. The van der Waals surface area contributed by atoms with Crippen LogP contribution in [0.3, 0.4) is 0 Å². The molecule has 0 spiro atoms. The summed E-state index contributed by atoms with van der Waals surface area (Å²) < 4.78 is 4.91. The van der Waals surface area contributed by atoms with Crippen LogP contribution in [0.15, 0.2) is 24.3 Å². The van der Waals surface area contributed by atoms with Gasteiger partial charge in [0.2, 0.25) is 0 Å². The summed E-state index contributed by atoms with van der Waals surface area (Å²) in [6.07, 6.45) is 0.0559. The molecule has 0 saturated heterocycles. The van der Waals surface area contributed by atoms with E-state index in [1.165, 1.54) is 12.5 Å². The highest BCUT2D eigenvalue weighted by atomic mass is 16.5. The van der Waals surface area contributed by atoms with Crippen LogP contribution in [0.2, 0.25) is 0 Å². The minimum absolute atomic E-state index is 0.426. The van der Waals surface area contributed by atoms with Gasteiger partial charge in [-0.25, -0.2) is 4.79 Å². The molecule has 1 aromatic carbocycles. The van der Waals surface area contributed by atoms with Crippen molar-refractivity contribution in [1.29, 1.82) is 0 Å². The lowest BCUT2D eigenvalue weighted by atomic mass is 10.0. The molecule has 0 bridgehead atoms. The molecule has 0 aliphatic rings. The van der Waals surface area contributed by atoms with Crippen molar-refractivity contribution in [1.82, 2.24) is 0 Å². The highest BCUT2D eigenvalue weighted by Crippen LogP contribution is 2.11. The number of primary amides is 1. The zero-order valence-corrected chi connectivity index (χ0v) is 11.0. The van der Waals surface area contributed by atoms with E-state index in [1.807, 2.05) is 12.1 Å². The molecule has 0 aliphatic heterocycles. The Morgan fingerprint density at radius 1 is 1.17 bits per heavy atom. The SMILES string of the molecule is CC(C)Cc1ccc(C(=O)OC(C)C(N)=O)cc1. The molecule has 0 heterocycles. The molecule has 0 aromatic heterocycles. The number of amides is 1. The van der Waals surface area contributed by atoms with Gasteiger partial charge >= 0.3 is 5.97 Å². The molecule has 2 N–H and O–H groups in total. The molecular weight excluding hydrogens is 230 g/mol. The van der Waals surface area contributed by atoms with E-state index in [1.54, 1.807) is 12.1 Å². The number of carbonyl (C=O) groups is 2. The predicted octanol–water partition coefficient (Wildman–Crippen LogP) is 1.92. The fourth-order valence-electron chi connectivity index (χ4n) is 1.53. The lowest BCUT2D eigenvalue weighted by Gasteiger charge is -2.10. The van der Waals surface area contributed by atoms with Crippen LogP contribution in [0.25, 0.3) is 0 Å². The summed E-state index contributed by atoms with van der Waals surface area (Å²) in [5, 5.41) is 0. The number of hydrogen-bond donors (Lipinski definition) is 1. The summed E-state index contributed by atoms with van der Waals surface area (Å²) in [6, 6.07) is 7.19. The first kappa shape index (κ1) is 14.2. The highest BCUT2D eigenvalue weighted by molar-refractivity contribution is 5.91. The van der Waals surface area contributed by atoms with Gasteiger partial charge in [-0.2, -0.15) is 0 Å². The van der Waals surface area contributed by atoms with E-state index in [2.05, 4.69) is 13.8 Å². The topological polar surface area (TPSA) is 69.4 Å². The molecular formula is C14H19NO3. The molecule has 18 heavy (non-hydrogen) atoms. The molecule has 1 unspecified atom stereocenters. The van der Waals surface area contributed by atoms with Gasteiger partial charge in [-0.3, -0.25) is 4.79 Å². The average Bonchev–Trinajstić information content (AvgIpc) is 2.28. The number of rotatable bonds is 5. The summed E-state index contributed by atoms with van der Waals surface area (Å²) in [6.45, 7) is 5.72. The van der Waals surface area contributed by atoms with Crippen LogP contribution in [0.5, 0.6) is 0 Å². The second-order valence-corrected chi connectivity index (χ2v) is 4.74. The van der Waals surface area contributed by atoms with Crippen molar-refractivity contribution in [3.63, 3.8) is 0 Å². The van der Waals surface area contributed by atoms with Gasteiger partial charge < -0.3 is 10.5 Å². The summed E-state index contributed by atoms with van der Waals surface area (Å²) in [5.74, 6) is -0.616. The van der Waals surface area contributed by atoms with Gasteiger partial charge in [0, 0.05) is 0 Å². The number of carbonyl (C=O) groups excluding carboxylic acids is 2. The van der Waals surface area contributed by atoms with Crippen LogP contribution < -0.4 is 5.73 Å². The monoisotopic (exact) mass is 249 g/mol. The van der Waals surface area contributed by atoms with Crippen molar-refractivity contribution in [2.24, 2.45) is 11.7 Å². The van der Waals surface area contributed by atoms with Gasteiger partial charge in [0.1, 0.15) is 0 Å². The third-order valence-electron chi connectivity index (χ3n) is 2.52. The number of nitrogens with two attached hydrogens (primary N) is 1. The first-order valence-corrected chi connectivity index (χ1v) is 5.99. The maximum Gasteiger partial charge on any atom is 0.338 e. The summed E-state index contributed by atoms with van der Waals surface area (Å²) in [4.78, 5) is 22.4. The van der Waals surface area contributed by atoms with Gasteiger partial charge in [0.25, 0.3) is 5.91 Å². The first-order chi connectivity index (χ1) is 8.40. The van der Waals surface area contributed by atoms with Crippen LogP contribution in [0.4, 0.5) is 0 Å². The number of ether oxygens (including phenoxy) is 1. The zero-order chi connectivity index (χ0) is 13.7. The average molecular weight is 249 g/mol. The lowest BCUT2D eigenvalue weighted by molar-refractivity contribution is -0.125. The van der Waals surface area contributed by atoms with Crippen LogP contribution in [-0.4, -0.2) is 18.0 Å². The van der Waals surface area contributed by atoms with E-state index in [0.29, 0.717) is 11.5 Å². The standard InChI is InChI=1S/C14H19NO3/c1-9(2)8-11-4-6-12(7-5-11)14(17)18-10(3)13(15)16/h4-7,9-10H,8H2,1-3H3,(H2,15,16). The highest BCUT2D eigenvalue weighted by Gasteiger charge is 2.15. The normalized spacial score (nSPS) is 12.2. The Bertz CT molecular complexity index is 423. The quantitative estimate of drug-likeness (QED) is 0.810. The lowest BCUT2D eigenvalue weighted by Crippen LogP contribution is -2.30. The van der Waals surface area contributed by atoms with E-state index in [4.69, 9.17) is 10.5 Å². The van der Waals surface area contributed by atoms with E-state index in [0.717, 1.165) is 6.42 Å². The molecule has 1 amide bonds. The van der Waals surface area contributed by atoms with Crippen molar-refractivity contribution >= 4 is 11.9 Å². The smallest absolute Gasteiger partial charge is 0.338 e. The van der Waals surface area contributed by atoms with Crippen LogP contribution in [0, 0.1) is 5.92 Å². The molecule has 0 radical (unpaired) electrons. The third kappa shape index (κ3) is 4.20. The minimum Gasteiger partial charge on any atom is -0.449 e. The van der Waals surface area contributed by atoms with Gasteiger partial charge in [-0.15, -0.1) is 0 Å². The van der Waals surface area contributed by atoms with Crippen molar-refractivity contribution in [2.45, 2.75) is 33.3 Å². The third-order valence-corrected chi connectivity index (χ3v) is 2.52. The molecule has 1 aromatic rings. The van der Waals surface area contributed by atoms with Crippen molar-refractivity contribution < 1.29 is 14.3 Å². The maximum absolute atomic E-state index is 11.7. The summed E-state index contributed by atoms with van der Waals surface area (Å²) >= 11 is 0. The van der Waals surface area contributed by atoms with Gasteiger partial charge in [-0.1, -0.05) is 26.0 Å². The van der Waals surface area contributed by atoms with E-state index < -0.39 is 18.0 Å². The number of benzene rings is 1. The fraction of sp³-hybridized carbons (Fsp3) is 0.429. The van der Waals surface area contributed by atoms with Gasteiger partial charge in [0.05, 0.1) is 5.56 Å². The molecule has 0 saturated carbocycles. The fourth-order valence-corrected chi connectivity index (χ4v) is 1.53. The molecule has 4 heteroatoms. The Hall–Kier alpha value is -1.84. The molecule has 1 rings (SSSR count). The Labute approximate surface area is 107 Å². The van der Waals surface area contributed by atoms with Crippen LogP contribution >= 0.6 is 0 Å². The molecule has 98 valence electrons. The second-order valence-electron chi connectivity index (χ2n) is 4.74. The Morgan fingerprint density at radius 2 is 1.72 bits per heavy atom. The molecule has 0 aliphatic carbocycles. The Balaban J connectivity index is 2.67. The zero-order valence-electron chi connectivity index (χ0n) is 11.0. The van der Waals surface area contributed by atoms with Gasteiger partial charge in [0.15, 0.2) is 6.10 Å². The van der Waals surface area contributed by atoms with Crippen LogP contribution in [-0.2, 0) is 16.0 Å². The Kier molecular flexibility index (Phi) is 4.89. The molecule has 1 atom stereocenters. The predicted molar refractivity (Wildman–Crippen MR) is 69.1 cm³/mol. The van der Waals surface area contributed by atoms with Crippen LogP contribution in [0.1, 0.15) is 36.7 Å². The maximum atomic E-state index is 11.7. The number of hydrogen-bond acceptors (Lipinski definition) is 3. The van der Waals surface area contributed by atoms with Crippen molar-refractivity contribution in [3.8, 4) is 0 Å². The molecule has 4 nitrogen and oxygen atoms in total. The van der Waals surface area contributed by atoms with E-state index in [9.17, 15) is 9.59 Å². The minimum atomic E-state index is -0.909. The summed E-state index contributed by atoms with van der Waals surface area (Å²) in [5.41, 5.74) is 6.62. The van der Waals surface area contributed by atoms with Crippen molar-refractivity contribution in [2.75, 3.05) is 0 Å². The number of esters is 1. The first-order valence-electron chi connectivity index (χ1n) is 5.99. The molecule has 0 fully saturated rings.